The Hall–Kier alpha value is -1.80. The molecule has 2 aromatic carbocycles. The molecule has 0 bridgehead atoms. The van der Waals surface area contributed by atoms with Gasteiger partial charge < -0.3 is 20.4 Å². The Morgan fingerprint density at radius 3 is 1.11 bits per heavy atom. The highest BCUT2D eigenvalue weighted by atomic mass is 16.3. The first-order chi connectivity index (χ1) is 13.5. The molecule has 0 spiro atoms. The van der Waals surface area contributed by atoms with Crippen molar-refractivity contribution in [2.24, 2.45) is 0 Å². The van der Waals surface area contributed by atoms with E-state index in [2.05, 4.69) is 34.1 Å². The fraction of sp³-hybridized carbons (Fsp3) is 0.455. The molecule has 2 fully saturated rings. The Balaban J connectivity index is 0.000000161. The van der Waals surface area contributed by atoms with E-state index >= 15 is 0 Å². The first kappa shape index (κ1) is 20.9. The molecule has 4 unspecified atom stereocenters. The Labute approximate surface area is 166 Å². The number of rotatable bonds is 4. The van der Waals surface area contributed by atoms with E-state index in [0.717, 1.165) is 13.1 Å². The predicted molar refractivity (Wildman–Crippen MR) is 107 cm³/mol. The van der Waals surface area contributed by atoms with Gasteiger partial charge in [0.2, 0.25) is 0 Å². The SMILES string of the molecule is OC1CN(Cc2ccccc2)CC1O.OC1CN(Cc2ccccc2)CC1O. The highest BCUT2D eigenvalue weighted by Crippen LogP contribution is 2.14. The van der Waals surface area contributed by atoms with E-state index < -0.39 is 24.4 Å². The number of benzene rings is 2. The van der Waals surface area contributed by atoms with Gasteiger partial charge in [0.15, 0.2) is 0 Å². The standard InChI is InChI=1S/2C11H15NO2/c2*13-10-7-12(8-11(10)14)6-9-4-2-1-3-5-9/h2*1-5,10-11,13-14H,6-8H2. The van der Waals surface area contributed by atoms with Crippen LogP contribution in [0.4, 0.5) is 0 Å². The average Bonchev–Trinajstić information content (AvgIpc) is 3.17. The summed E-state index contributed by atoms with van der Waals surface area (Å²) >= 11 is 0. The Morgan fingerprint density at radius 1 is 0.536 bits per heavy atom. The lowest BCUT2D eigenvalue weighted by molar-refractivity contribution is 0.0572. The summed E-state index contributed by atoms with van der Waals surface area (Å²) in [7, 11) is 0. The molecule has 4 atom stereocenters. The summed E-state index contributed by atoms with van der Waals surface area (Å²) in [6.07, 6.45) is -2.34. The van der Waals surface area contributed by atoms with Crippen LogP contribution in [0, 0.1) is 0 Å². The molecule has 0 radical (unpaired) electrons. The van der Waals surface area contributed by atoms with Crippen molar-refractivity contribution in [1.82, 2.24) is 9.80 Å². The third-order valence-electron chi connectivity index (χ3n) is 5.17. The second kappa shape index (κ2) is 10.1. The Morgan fingerprint density at radius 2 is 0.821 bits per heavy atom. The monoisotopic (exact) mass is 386 g/mol. The summed E-state index contributed by atoms with van der Waals surface area (Å²) in [5.41, 5.74) is 2.43. The molecule has 0 aromatic heterocycles. The number of likely N-dealkylation sites (tertiary alicyclic amines) is 2. The van der Waals surface area contributed by atoms with Crippen LogP contribution >= 0.6 is 0 Å². The van der Waals surface area contributed by atoms with Gasteiger partial charge in [-0.2, -0.15) is 0 Å². The molecule has 0 saturated carbocycles. The molecule has 0 amide bonds. The maximum atomic E-state index is 9.35. The van der Waals surface area contributed by atoms with Crippen molar-refractivity contribution in [2.75, 3.05) is 26.2 Å². The van der Waals surface area contributed by atoms with Gasteiger partial charge in [0.1, 0.15) is 0 Å². The van der Waals surface area contributed by atoms with Crippen LogP contribution in [-0.4, -0.2) is 80.8 Å². The van der Waals surface area contributed by atoms with Crippen LogP contribution < -0.4 is 0 Å². The first-order valence-corrected chi connectivity index (χ1v) is 9.76. The van der Waals surface area contributed by atoms with Crippen LogP contribution in [0.2, 0.25) is 0 Å². The number of β-amino-alcohol motifs (C(OH)–C–C–N with tert-alkyl or cyclic N) is 4. The van der Waals surface area contributed by atoms with Crippen molar-refractivity contribution in [2.45, 2.75) is 37.5 Å². The summed E-state index contributed by atoms with van der Waals surface area (Å²) in [5, 5.41) is 37.4. The molecule has 4 rings (SSSR count). The second-order valence-corrected chi connectivity index (χ2v) is 7.63. The molecular weight excluding hydrogens is 356 g/mol. The molecule has 2 aromatic rings. The van der Waals surface area contributed by atoms with Crippen LogP contribution in [0.5, 0.6) is 0 Å². The van der Waals surface area contributed by atoms with Crippen molar-refractivity contribution in [3.8, 4) is 0 Å². The first-order valence-electron chi connectivity index (χ1n) is 9.76. The Bertz CT molecular complexity index is 619. The molecule has 152 valence electrons. The van der Waals surface area contributed by atoms with E-state index in [1.807, 2.05) is 36.4 Å². The maximum absolute atomic E-state index is 9.35. The van der Waals surface area contributed by atoms with Gasteiger partial charge in [0.05, 0.1) is 24.4 Å². The summed E-state index contributed by atoms with van der Waals surface area (Å²) in [6, 6.07) is 20.2. The van der Waals surface area contributed by atoms with Gasteiger partial charge in [-0.25, -0.2) is 0 Å². The van der Waals surface area contributed by atoms with Crippen molar-refractivity contribution in [1.29, 1.82) is 0 Å². The van der Waals surface area contributed by atoms with E-state index in [-0.39, 0.29) is 0 Å². The molecule has 28 heavy (non-hydrogen) atoms. The quantitative estimate of drug-likeness (QED) is 0.610. The molecule has 6 heteroatoms. The fourth-order valence-electron chi connectivity index (χ4n) is 3.64. The van der Waals surface area contributed by atoms with E-state index in [9.17, 15) is 20.4 Å². The lowest BCUT2D eigenvalue weighted by Gasteiger charge is -2.14. The largest absolute Gasteiger partial charge is 0.389 e. The number of aliphatic hydroxyl groups is 4. The van der Waals surface area contributed by atoms with Crippen molar-refractivity contribution >= 4 is 0 Å². The van der Waals surface area contributed by atoms with E-state index in [1.165, 1.54) is 11.1 Å². The lowest BCUT2D eigenvalue weighted by Crippen LogP contribution is -2.22. The zero-order valence-electron chi connectivity index (χ0n) is 16.0. The molecule has 2 aliphatic rings. The van der Waals surface area contributed by atoms with Gasteiger partial charge in [-0.15, -0.1) is 0 Å². The highest BCUT2D eigenvalue weighted by Gasteiger charge is 2.29. The zero-order chi connectivity index (χ0) is 19.9. The van der Waals surface area contributed by atoms with Crippen LogP contribution in [0.1, 0.15) is 11.1 Å². The lowest BCUT2D eigenvalue weighted by atomic mass is 10.2. The highest BCUT2D eigenvalue weighted by molar-refractivity contribution is 5.15. The molecule has 6 nitrogen and oxygen atoms in total. The van der Waals surface area contributed by atoms with Gasteiger partial charge in [0, 0.05) is 39.3 Å². The molecule has 4 N–H and O–H groups in total. The second-order valence-electron chi connectivity index (χ2n) is 7.63. The average molecular weight is 386 g/mol. The van der Waals surface area contributed by atoms with Crippen LogP contribution in [0.15, 0.2) is 60.7 Å². The van der Waals surface area contributed by atoms with E-state index in [1.54, 1.807) is 0 Å². The van der Waals surface area contributed by atoms with Gasteiger partial charge >= 0.3 is 0 Å². The minimum absolute atomic E-state index is 0.566. The number of hydrogen-bond donors (Lipinski definition) is 4. The summed E-state index contributed by atoms with van der Waals surface area (Å²) in [5.74, 6) is 0. The molecule has 2 aliphatic heterocycles. The zero-order valence-corrected chi connectivity index (χ0v) is 16.0. The van der Waals surface area contributed by atoms with E-state index in [4.69, 9.17) is 0 Å². The number of nitrogens with zero attached hydrogens (tertiary/aromatic N) is 2. The number of aliphatic hydroxyl groups excluding tert-OH is 4. The molecule has 2 heterocycles. The van der Waals surface area contributed by atoms with Gasteiger partial charge in [-0.05, 0) is 11.1 Å². The fourth-order valence-corrected chi connectivity index (χ4v) is 3.64. The van der Waals surface area contributed by atoms with Gasteiger partial charge in [0.25, 0.3) is 0 Å². The normalized spacial score (nSPS) is 28.1. The molecule has 0 aliphatic carbocycles. The molecule has 2 saturated heterocycles. The third kappa shape index (κ3) is 6.10. The van der Waals surface area contributed by atoms with Crippen molar-refractivity contribution < 1.29 is 20.4 Å². The van der Waals surface area contributed by atoms with E-state index in [0.29, 0.717) is 26.2 Å². The smallest absolute Gasteiger partial charge is 0.0938 e. The molecular formula is C22H30N2O4. The third-order valence-corrected chi connectivity index (χ3v) is 5.17. The van der Waals surface area contributed by atoms with Crippen molar-refractivity contribution in [3.05, 3.63) is 71.8 Å². The topological polar surface area (TPSA) is 87.4 Å². The van der Waals surface area contributed by atoms with Crippen LogP contribution in [0.25, 0.3) is 0 Å². The predicted octanol–water partition coefficient (Wildman–Crippen LogP) is 0.448. The number of hydrogen-bond acceptors (Lipinski definition) is 6. The maximum Gasteiger partial charge on any atom is 0.0938 e. The van der Waals surface area contributed by atoms with Gasteiger partial charge in [-0.1, -0.05) is 60.7 Å². The van der Waals surface area contributed by atoms with Crippen molar-refractivity contribution in [3.63, 3.8) is 0 Å². The minimum Gasteiger partial charge on any atom is -0.389 e. The van der Waals surface area contributed by atoms with Crippen LogP contribution in [-0.2, 0) is 13.1 Å². The summed E-state index contributed by atoms with van der Waals surface area (Å²) < 4.78 is 0. The summed E-state index contributed by atoms with van der Waals surface area (Å²) in [4.78, 5) is 4.12. The summed E-state index contributed by atoms with van der Waals surface area (Å²) in [6.45, 7) is 3.86. The Kier molecular flexibility index (Phi) is 7.56. The van der Waals surface area contributed by atoms with Gasteiger partial charge in [-0.3, -0.25) is 9.80 Å². The minimum atomic E-state index is -0.585. The van der Waals surface area contributed by atoms with Crippen LogP contribution in [0.3, 0.4) is 0 Å².